The molecule has 1 rings (SSSR count). The lowest BCUT2D eigenvalue weighted by atomic mass is 10.2. The fourth-order valence-electron chi connectivity index (χ4n) is 1.38. The van der Waals surface area contributed by atoms with Crippen molar-refractivity contribution in [3.8, 4) is 0 Å². The van der Waals surface area contributed by atoms with Crippen molar-refractivity contribution >= 4 is 23.5 Å². The van der Waals surface area contributed by atoms with Gasteiger partial charge < -0.3 is 10.6 Å². The molecule has 0 aliphatic carbocycles. The lowest BCUT2D eigenvalue weighted by molar-refractivity contribution is 0.0939. The third kappa shape index (κ3) is 4.65. The van der Waals surface area contributed by atoms with Crippen LogP contribution in [0.25, 0.3) is 0 Å². The number of rotatable bonds is 6. The molecule has 0 aliphatic heterocycles. The van der Waals surface area contributed by atoms with Crippen molar-refractivity contribution in [1.82, 2.24) is 10.3 Å². The van der Waals surface area contributed by atoms with Gasteiger partial charge in [0.05, 0.1) is 0 Å². The van der Waals surface area contributed by atoms with Crippen molar-refractivity contribution in [3.05, 3.63) is 23.9 Å². The van der Waals surface area contributed by atoms with Gasteiger partial charge in [0.2, 0.25) is 0 Å². The normalized spacial score (nSPS) is 11.9. The number of carbonyl (C=O) groups is 1. The molecule has 0 aliphatic rings. The molecule has 0 fully saturated rings. The molecule has 5 heteroatoms. The van der Waals surface area contributed by atoms with Gasteiger partial charge in [0.25, 0.3) is 5.91 Å². The number of aromatic nitrogens is 1. The van der Waals surface area contributed by atoms with E-state index in [1.54, 1.807) is 37.1 Å². The van der Waals surface area contributed by atoms with Gasteiger partial charge in [-0.1, -0.05) is 0 Å². The Morgan fingerprint density at radius 3 is 3.00 bits per heavy atom. The van der Waals surface area contributed by atoms with Crippen LogP contribution in [-0.4, -0.2) is 36.0 Å². The first-order chi connectivity index (χ1) is 8.17. The summed E-state index contributed by atoms with van der Waals surface area (Å²) in [7, 11) is 1.78. The third-order valence-corrected chi connectivity index (χ3v) is 3.05. The van der Waals surface area contributed by atoms with Crippen LogP contribution in [0.2, 0.25) is 0 Å². The second kappa shape index (κ2) is 7.17. The molecule has 17 heavy (non-hydrogen) atoms. The summed E-state index contributed by atoms with van der Waals surface area (Å²) < 4.78 is 0. The predicted octanol–water partition coefficient (Wildman–Crippen LogP) is 1.99. The number of pyridine rings is 1. The van der Waals surface area contributed by atoms with Crippen LogP contribution in [0.3, 0.4) is 0 Å². The first-order valence-electron chi connectivity index (χ1n) is 5.61. The lowest BCUT2D eigenvalue weighted by Gasteiger charge is -2.13. The second-order valence-corrected chi connectivity index (χ2v) is 4.82. The highest BCUT2D eigenvalue weighted by molar-refractivity contribution is 7.98. The smallest absolute Gasteiger partial charge is 0.251 e. The molecule has 0 radical (unpaired) electrons. The molecule has 1 heterocycles. The molecule has 0 saturated carbocycles. The standard InChI is InChI=1S/C12H19N3OS/c1-9(5-7-17-3)15-12(16)10-4-6-14-11(8-10)13-2/h4,6,8-9H,5,7H2,1-3H3,(H,13,14)(H,15,16). The Balaban J connectivity index is 2.56. The van der Waals surface area contributed by atoms with Gasteiger partial charge in [0.1, 0.15) is 5.82 Å². The quantitative estimate of drug-likeness (QED) is 0.814. The van der Waals surface area contributed by atoms with E-state index >= 15 is 0 Å². The third-order valence-electron chi connectivity index (χ3n) is 2.41. The van der Waals surface area contributed by atoms with Crippen LogP contribution in [0.1, 0.15) is 23.7 Å². The van der Waals surface area contributed by atoms with Gasteiger partial charge in [-0.2, -0.15) is 11.8 Å². The zero-order valence-corrected chi connectivity index (χ0v) is 11.3. The van der Waals surface area contributed by atoms with E-state index in [1.165, 1.54) is 0 Å². The minimum absolute atomic E-state index is 0.0440. The molecular weight excluding hydrogens is 234 g/mol. The van der Waals surface area contributed by atoms with E-state index in [4.69, 9.17) is 0 Å². The average Bonchev–Trinajstić information content (AvgIpc) is 2.36. The van der Waals surface area contributed by atoms with E-state index in [1.807, 2.05) is 6.92 Å². The SMILES string of the molecule is CNc1cc(C(=O)NC(C)CCSC)ccn1. The average molecular weight is 253 g/mol. The topological polar surface area (TPSA) is 54.0 Å². The molecule has 0 spiro atoms. The van der Waals surface area contributed by atoms with Crippen molar-refractivity contribution < 1.29 is 4.79 Å². The van der Waals surface area contributed by atoms with Gasteiger partial charge in [-0.05, 0) is 37.5 Å². The van der Waals surface area contributed by atoms with Gasteiger partial charge in [-0.3, -0.25) is 4.79 Å². The van der Waals surface area contributed by atoms with Crippen molar-refractivity contribution in [1.29, 1.82) is 0 Å². The second-order valence-electron chi connectivity index (χ2n) is 3.84. The fraction of sp³-hybridized carbons (Fsp3) is 0.500. The Hall–Kier alpha value is -1.23. The number of hydrogen-bond donors (Lipinski definition) is 2. The van der Waals surface area contributed by atoms with Crippen LogP contribution < -0.4 is 10.6 Å². The van der Waals surface area contributed by atoms with E-state index in [0.29, 0.717) is 11.4 Å². The van der Waals surface area contributed by atoms with Gasteiger partial charge in [-0.25, -0.2) is 4.98 Å². The molecular formula is C12H19N3OS. The number of nitrogens with zero attached hydrogens (tertiary/aromatic N) is 1. The van der Waals surface area contributed by atoms with Crippen molar-refractivity contribution in [2.75, 3.05) is 24.4 Å². The summed E-state index contributed by atoms with van der Waals surface area (Å²) in [4.78, 5) is 16.0. The Labute approximate surface area is 107 Å². The zero-order chi connectivity index (χ0) is 12.7. The Morgan fingerprint density at radius 2 is 2.35 bits per heavy atom. The number of nitrogens with one attached hydrogen (secondary N) is 2. The summed E-state index contributed by atoms with van der Waals surface area (Å²) in [5.74, 6) is 1.71. The maximum absolute atomic E-state index is 11.9. The molecule has 0 bridgehead atoms. The Kier molecular flexibility index (Phi) is 5.83. The van der Waals surface area contributed by atoms with Crippen molar-refractivity contribution in [2.24, 2.45) is 0 Å². The Morgan fingerprint density at radius 1 is 1.59 bits per heavy atom. The Bertz CT molecular complexity index is 371. The van der Waals surface area contributed by atoms with Crippen LogP contribution in [0.5, 0.6) is 0 Å². The maximum atomic E-state index is 11.9. The van der Waals surface area contributed by atoms with Gasteiger partial charge >= 0.3 is 0 Å². The highest BCUT2D eigenvalue weighted by Gasteiger charge is 2.09. The number of anilines is 1. The summed E-state index contributed by atoms with van der Waals surface area (Å²) in [6.45, 7) is 2.02. The summed E-state index contributed by atoms with van der Waals surface area (Å²) >= 11 is 1.79. The van der Waals surface area contributed by atoms with Crippen LogP contribution in [0.15, 0.2) is 18.3 Å². The van der Waals surface area contributed by atoms with Gasteiger partial charge in [0, 0.05) is 24.8 Å². The number of hydrogen-bond acceptors (Lipinski definition) is 4. The highest BCUT2D eigenvalue weighted by Crippen LogP contribution is 2.07. The molecule has 94 valence electrons. The van der Waals surface area contributed by atoms with Crippen molar-refractivity contribution in [3.63, 3.8) is 0 Å². The van der Waals surface area contributed by atoms with Crippen LogP contribution in [-0.2, 0) is 0 Å². The minimum Gasteiger partial charge on any atom is -0.373 e. The zero-order valence-electron chi connectivity index (χ0n) is 10.5. The monoisotopic (exact) mass is 253 g/mol. The molecule has 4 nitrogen and oxygen atoms in total. The largest absolute Gasteiger partial charge is 0.373 e. The summed E-state index contributed by atoms with van der Waals surface area (Å²) in [6.07, 6.45) is 4.68. The van der Waals surface area contributed by atoms with E-state index in [2.05, 4.69) is 21.9 Å². The predicted molar refractivity (Wildman–Crippen MR) is 73.7 cm³/mol. The highest BCUT2D eigenvalue weighted by atomic mass is 32.2. The van der Waals surface area contributed by atoms with Crippen LogP contribution in [0.4, 0.5) is 5.82 Å². The summed E-state index contributed by atoms with van der Waals surface area (Å²) in [5.41, 5.74) is 0.639. The molecule has 1 aromatic rings. The number of thioether (sulfide) groups is 1. The van der Waals surface area contributed by atoms with E-state index in [9.17, 15) is 4.79 Å². The molecule has 1 atom stereocenters. The molecule has 2 N–H and O–H groups in total. The van der Waals surface area contributed by atoms with Crippen molar-refractivity contribution in [2.45, 2.75) is 19.4 Å². The molecule has 1 unspecified atom stereocenters. The lowest BCUT2D eigenvalue weighted by Crippen LogP contribution is -2.33. The number of carbonyl (C=O) groups excluding carboxylic acids is 1. The summed E-state index contributed by atoms with van der Waals surface area (Å²) in [6, 6.07) is 3.66. The van der Waals surface area contributed by atoms with Gasteiger partial charge in [0.15, 0.2) is 0 Å². The van der Waals surface area contributed by atoms with Gasteiger partial charge in [-0.15, -0.1) is 0 Å². The summed E-state index contributed by atoms with van der Waals surface area (Å²) in [5, 5.41) is 5.89. The molecule has 0 saturated heterocycles. The van der Waals surface area contributed by atoms with E-state index in [-0.39, 0.29) is 11.9 Å². The fourth-order valence-corrected chi connectivity index (χ4v) is 1.97. The molecule has 1 amide bonds. The maximum Gasteiger partial charge on any atom is 0.251 e. The van der Waals surface area contributed by atoms with Crippen LogP contribution in [0, 0.1) is 0 Å². The molecule has 1 aromatic heterocycles. The molecule has 0 aromatic carbocycles. The number of amides is 1. The van der Waals surface area contributed by atoms with Crippen LogP contribution >= 0.6 is 11.8 Å². The first-order valence-corrected chi connectivity index (χ1v) is 7.00. The first kappa shape index (κ1) is 13.8. The van der Waals surface area contributed by atoms with E-state index in [0.717, 1.165) is 12.2 Å². The minimum atomic E-state index is -0.0440. The van der Waals surface area contributed by atoms with E-state index < -0.39 is 0 Å².